The Morgan fingerprint density at radius 1 is 1.44 bits per heavy atom. The van der Waals surface area contributed by atoms with Crippen LogP contribution in [0.25, 0.3) is 0 Å². The van der Waals surface area contributed by atoms with Gasteiger partial charge in [-0.15, -0.1) is 6.58 Å². The lowest BCUT2D eigenvalue weighted by Crippen LogP contribution is -2.42. The molecule has 0 unspecified atom stereocenters. The fraction of sp³-hybridized carbons (Fsp3) is 0.308. The van der Waals surface area contributed by atoms with Crippen LogP contribution in [0.5, 0.6) is 0 Å². The Kier molecular flexibility index (Phi) is 5.29. The van der Waals surface area contributed by atoms with Gasteiger partial charge in [0.05, 0.1) is 6.04 Å². The minimum absolute atomic E-state index is 0.106. The lowest BCUT2D eigenvalue weighted by molar-refractivity contribution is -0.122. The Balaban J connectivity index is 2.37. The number of hydrogen-bond donors (Lipinski definition) is 2. The van der Waals surface area contributed by atoms with E-state index in [1.165, 1.54) is 0 Å². The Bertz CT molecular complexity index is 335. The zero-order valence-electron chi connectivity index (χ0n) is 9.36. The maximum absolute atomic E-state index is 11.6. The van der Waals surface area contributed by atoms with Gasteiger partial charge in [-0.05, 0) is 18.4 Å². The highest BCUT2D eigenvalue weighted by molar-refractivity contribution is 5.81. The zero-order valence-corrected chi connectivity index (χ0v) is 9.36. The van der Waals surface area contributed by atoms with Crippen LogP contribution in [0.1, 0.15) is 12.0 Å². The molecule has 1 aromatic rings. The molecule has 1 atom stereocenters. The minimum atomic E-state index is -0.479. The van der Waals surface area contributed by atoms with E-state index < -0.39 is 6.04 Å². The first-order chi connectivity index (χ1) is 7.74. The van der Waals surface area contributed by atoms with Crippen molar-refractivity contribution in [2.75, 3.05) is 6.54 Å². The summed E-state index contributed by atoms with van der Waals surface area (Å²) in [4.78, 5) is 11.6. The molecule has 0 aromatic heterocycles. The second-order valence-electron chi connectivity index (χ2n) is 3.66. The summed E-state index contributed by atoms with van der Waals surface area (Å²) in [5, 5.41) is 2.77. The van der Waals surface area contributed by atoms with Gasteiger partial charge < -0.3 is 11.1 Å². The number of carbonyl (C=O) groups excluding carboxylic acids is 1. The molecule has 0 radical (unpaired) electrons. The number of hydrogen-bond acceptors (Lipinski definition) is 2. The van der Waals surface area contributed by atoms with Crippen molar-refractivity contribution >= 4 is 5.91 Å². The molecule has 0 saturated carbocycles. The molecule has 1 amide bonds. The summed E-state index contributed by atoms with van der Waals surface area (Å²) in [6.07, 6.45) is 3.10. The Labute approximate surface area is 96.3 Å². The summed E-state index contributed by atoms with van der Waals surface area (Å²) >= 11 is 0. The predicted molar refractivity (Wildman–Crippen MR) is 65.9 cm³/mol. The largest absolute Gasteiger partial charge is 0.354 e. The van der Waals surface area contributed by atoms with Crippen LogP contribution in [-0.2, 0) is 11.2 Å². The van der Waals surface area contributed by atoms with Crippen LogP contribution in [-0.4, -0.2) is 18.5 Å². The van der Waals surface area contributed by atoms with Crippen LogP contribution in [0.3, 0.4) is 0 Å². The molecule has 0 fully saturated rings. The number of nitrogens with one attached hydrogen (secondary N) is 1. The third-order valence-electron chi connectivity index (χ3n) is 2.28. The normalized spacial score (nSPS) is 11.8. The van der Waals surface area contributed by atoms with Crippen molar-refractivity contribution in [2.45, 2.75) is 18.9 Å². The molecule has 0 heterocycles. The number of amides is 1. The fourth-order valence-corrected chi connectivity index (χ4v) is 1.39. The van der Waals surface area contributed by atoms with Crippen LogP contribution < -0.4 is 11.1 Å². The van der Waals surface area contributed by atoms with Gasteiger partial charge in [0, 0.05) is 6.54 Å². The summed E-state index contributed by atoms with van der Waals surface area (Å²) in [7, 11) is 0. The topological polar surface area (TPSA) is 55.1 Å². The van der Waals surface area contributed by atoms with Gasteiger partial charge in [0.2, 0.25) is 5.91 Å². The van der Waals surface area contributed by atoms with Crippen LogP contribution in [0.2, 0.25) is 0 Å². The third kappa shape index (κ3) is 4.28. The average molecular weight is 218 g/mol. The van der Waals surface area contributed by atoms with Crippen molar-refractivity contribution in [1.29, 1.82) is 0 Å². The van der Waals surface area contributed by atoms with Gasteiger partial charge in [0.25, 0.3) is 0 Å². The van der Waals surface area contributed by atoms with Gasteiger partial charge in [-0.3, -0.25) is 4.79 Å². The average Bonchev–Trinajstić information content (AvgIpc) is 2.30. The molecule has 0 aliphatic carbocycles. The quantitative estimate of drug-likeness (QED) is 0.557. The number of carbonyl (C=O) groups is 1. The number of benzene rings is 1. The summed E-state index contributed by atoms with van der Waals surface area (Å²) in [6, 6.07) is 9.29. The van der Waals surface area contributed by atoms with Crippen LogP contribution in [0.4, 0.5) is 0 Å². The van der Waals surface area contributed by atoms with E-state index in [1.807, 2.05) is 30.3 Å². The number of nitrogens with two attached hydrogens (primary N) is 1. The van der Waals surface area contributed by atoms with Gasteiger partial charge in [-0.25, -0.2) is 0 Å². The van der Waals surface area contributed by atoms with Crippen molar-refractivity contribution in [3.63, 3.8) is 0 Å². The van der Waals surface area contributed by atoms with E-state index in [4.69, 9.17) is 5.73 Å². The Morgan fingerprint density at radius 3 is 2.75 bits per heavy atom. The van der Waals surface area contributed by atoms with E-state index in [-0.39, 0.29) is 5.91 Å². The monoisotopic (exact) mass is 218 g/mol. The van der Waals surface area contributed by atoms with E-state index >= 15 is 0 Å². The second-order valence-corrected chi connectivity index (χ2v) is 3.66. The third-order valence-corrected chi connectivity index (χ3v) is 2.28. The first-order valence-corrected chi connectivity index (χ1v) is 5.42. The summed E-state index contributed by atoms with van der Waals surface area (Å²) in [5.74, 6) is -0.106. The molecule has 16 heavy (non-hydrogen) atoms. The number of rotatable bonds is 6. The molecule has 0 bridgehead atoms. The predicted octanol–water partition coefficient (Wildman–Crippen LogP) is 1.25. The molecule has 3 nitrogen and oxygen atoms in total. The van der Waals surface area contributed by atoms with Crippen LogP contribution in [0, 0.1) is 0 Å². The molecule has 0 saturated heterocycles. The van der Waals surface area contributed by atoms with Gasteiger partial charge in [0.1, 0.15) is 0 Å². The van der Waals surface area contributed by atoms with Crippen molar-refractivity contribution in [2.24, 2.45) is 5.73 Å². The maximum atomic E-state index is 11.6. The highest BCUT2D eigenvalue weighted by Crippen LogP contribution is 2.01. The van der Waals surface area contributed by atoms with Gasteiger partial charge in [-0.2, -0.15) is 0 Å². The first kappa shape index (κ1) is 12.5. The summed E-state index contributed by atoms with van der Waals surface area (Å²) < 4.78 is 0. The maximum Gasteiger partial charge on any atom is 0.237 e. The first-order valence-electron chi connectivity index (χ1n) is 5.42. The van der Waals surface area contributed by atoms with Crippen molar-refractivity contribution in [1.82, 2.24) is 5.32 Å². The molecule has 1 aromatic carbocycles. The van der Waals surface area contributed by atoms with E-state index in [0.717, 1.165) is 12.0 Å². The van der Waals surface area contributed by atoms with Crippen molar-refractivity contribution in [3.8, 4) is 0 Å². The fourth-order valence-electron chi connectivity index (χ4n) is 1.39. The smallest absolute Gasteiger partial charge is 0.237 e. The summed E-state index contributed by atoms with van der Waals surface area (Å²) in [5.41, 5.74) is 6.87. The van der Waals surface area contributed by atoms with E-state index in [9.17, 15) is 4.79 Å². The Hall–Kier alpha value is -1.61. The van der Waals surface area contributed by atoms with Gasteiger partial charge in [-0.1, -0.05) is 36.4 Å². The lowest BCUT2D eigenvalue weighted by Gasteiger charge is -2.11. The van der Waals surface area contributed by atoms with Crippen molar-refractivity contribution in [3.05, 3.63) is 48.6 Å². The molecule has 1 rings (SSSR count). The minimum Gasteiger partial charge on any atom is -0.354 e. The highest BCUT2D eigenvalue weighted by atomic mass is 16.2. The standard InChI is InChI=1S/C13H18N2O/c1-2-3-9-15-13(16)12(14)10-11-7-5-4-6-8-11/h2,4-8,12H,1,3,9-10,14H2,(H,15,16)/t12-/m0/s1. The Morgan fingerprint density at radius 2 is 2.12 bits per heavy atom. The molecule has 3 N–H and O–H groups in total. The molecular weight excluding hydrogens is 200 g/mol. The highest BCUT2D eigenvalue weighted by Gasteiger charge is 2.12. The SMILES string of the molecule is C=CCCNC(=O)[C@@H](N)Cc1ccccc1. The molecule has 86 valence electrons. The zero-order chi connectivity index (χ0) is 11.8. The van der Waals surface area contributed by atoms with Gasteiger partial charge >= 0.3 is 0 Å². The van der Waals surface area contributed by atoms with Crippen LogP contribution >= 0.6 is 0 Å². The second kappa shape index (κ2) is 6.80. The molecule has 0 aliphatic rings. The lowest BCUT2D eigenvalue weighted by atomic mass is 10.1. The van der Waals surface area contributed by atoms with Crippen molar-refractivity contribution < 1.29 is 4.79 Å². The van der Waals surface area contributed by atoms with E-state index in [1.54, 1.807) is 6.08 Å². The van der Waals surface area contributed by atoms with Crippen LogP contribution in [0.15, 0.2) is 43.0 Å². The molecular formula is C13H18N2O. The van der Waals surface area contributed by atoms with E-state index in [0.29, 0.717) is 13.0 Å². The molecule has 0 spiro atoms. The summed E-state index contributed by atoms with van der Waals surface area (Å²) in [6.45, 7) is 4.19. The molecule has 3 heteroatoms. The van der Waals surface area contributed by atoms with E-state index in [2.05, 4.69) is 11.9 Å². The molecule has 0 aliphatic heterocycles. The van der Waals surface area contributed by atoms with Gasteiger partial charge in [0.15, 0.2) is 0 Å².